The quantitative estimate of drug-likeness (QED) is 0.632. The average molecular weight is 442 g/mol. The van der Waals surface area contributed by atoms with Gasteiger partial charge in [-0.25, -0.2) is 18.7 Å². The SMILES string of the molecule is COc1c(F)cc(Cn2cc(CCc3nc(C)c4c(n3)N(C)[C@@H](C)C(=O)N4)cn2)cc1F. The van der Waals surface area contributed by atoms with E-state index in [1.54, 1.807) is 10.9 Å². The fraction of sp³-hybridized carbons (Fsp3) is 0.364. The second-order valence-electron chi connectivity index (χ2n) is 7.84. The van der Waals surface area contributed by atoms with E-state index in [0.29, 0.717) is 35.7 Å². The highest BCUT2D eigenvalue weighted by atomic mass is 19.1. The lowest BCUT2D eigenvalue weighted by Gasteiger charge is -2.32. The summed E-state index contributed by atoms with van der Waals surface area (Å²) in [6, 6.07) is 2.17. The molecule has 0 bridgehead atoms. The molecular weight excluding hydrogens is 418 g/mol. The molecule has 1 amide bonds. The topological polar surface area (TPSA) is 85.2 Å². The Hall–Kier alpha value is -3.56. The number of aromatic nitrogens is 4. The van der Waals surface area contributed by atoms with Crippen LogP contribution < -0.4 is 15.0 Å². The Labute approximate surface area is 184 Å². The number of carbonyl (C=O) groups is 1. The number of nitrogens with one attached hydrogen (secondary N) is 1. The lowest BCUT2D eigenvalue weighted by atomic mass is 10.1. The van der Waals surface area contributed by atoms with Crippen LogP contribution in [0.2, 0.25) is 0 Å². The summed E-state index contributed by atoms with van der Waals surface area (Å²) in [5.41, 5.74) is 2.76. The summed E-state index contributed by atoms with van der Waals surface area (Å²) in [7, 11) is 3.07. The van der Waals surface area contributed by atoms with Gasteiger partial charge in [0.15, 0.2) is 23.2 Å². The summed E-state index contributed by atoms with van der Waals surface area (Å²) < 4.78 is 34.2. The van der Waals surface area contributed by atoms with E-state index in [-0.39, 0.29) is 18.5 Å². The van der Waals surface area contributed by atoms with Crippen LogP contribution in [0.15, 0.2) is 24.5 Å². The number of carbonyl (C=O) groups excluding carboxylic acids is 1. The van der Waals surface area contributed by atoms with Crippen molar-refractivity contribution in [3.05, 3.63) is 58.8 Å². The second kappa shape index (κ2) is 8.52. The second-order valence-corrected chi connectivity index (χ2v) is 7.84. The molecule has 0 spiro atoms. The van der Waals surface area contributed by atoms with Crippen LogP contribution in [-0.4, -0.2) is 45.9 Å². The average Bonchev–Trinajstić information content (AvgIpc) is 3.18. The molecule has 32 heavy (non-hydrogen) atoms. The number of halogens is 2. The van der Waals surface area contributed by atoms with Crippen LogP contribution in [0.3, 0.4) is 0 Å². The van der Waals surface area contributed by atoms with Crippen LogP contribution in [-0.2, 0) is 24.2 Å². The van der Waals surface area contributed by atoms with E-state index in [9.17, 15) is 13.6 Å². The number of hydrogen-bond donors (Lipinski definition) is 1. The van der Waals surface area contributed by atoms with Gasteiger partial charge in [0.2, 0.25) is 5.91 Å². The predicted molar refractivity (Wildman–Crippen MR) is 115 cm³/mol. The van der Waals surface area contributed by atoms with Gasteiger partial charge in [0.05, 0.1) is 25.5 Å². The number of likely N-dealkylation sites (N-methyl/N-ethyl adjacent to an activating group) is 1. The van der Waals surface area contributed by atoms with Gasteiger partial charge < -0.3 is 15.0 Å². The molecule has 1 aliphatic rings. The van der Waals surface area contributed by atoms with Gasteiger partial charge in [-0.1, -0.05) is 0 Å². The van der Waals surface area contributed by atoms with Crippen molar-refractivity contribution in [3.8, 4) is 5.75 Å². The molecule has 1 aliphatic heterocycles. The molecular formula is C22H24F2N6O2. The number of nitrogens with zero attached hydrogens (tertiary/aromatic N) is 5. The molecule has 168 valence electrons. The maximum atomic E-state index is 13.9. The fourth-order valence-electron chi connectivity index (χ4n) is 3.68. The fourth-order valence-corrected chi connectivity index (χ4v) is 3.68. The molecule has 0 saturated carbocycles. The molecule has 3 heterocycles. The summed E-state index contributed by atoms with van der Waals surface area (Å²) in [6.45, 7) is 3.90. The lowest BCUT2D eigenvalue weighted by molar-refractivity contribution is -0.117. The summed E-state index contributed by atoms with van der Waals surface area (Å²) in [4.78, 5) is 23.1. The van der Waals surface area contributed by atoms with Crippen molar-refractivity contribution in [2.24, 2.45) is 0 Å². The third kappa shape index (κ3) is 4.12. The predicted octanol–water partition coefficient (Wildman–Crippen LogP) is 2.88. The van der Waals surface area contributed by atoms with Crippen molar-refractivity contribution in [3.63, 3.8) is 0 Å². The molecule has 0 unspecified atom stereocenters. The van der Waals surface area contributed by atoms with E-state index < -0.39 is 17.4 Å². The van der Waals surface area contributed by atoms with Gasteiger partial charge in [0.1, 0.15) is 17.6 Å². The Balaban J connectivity index is 1.45. The van der Waals surface area contributed by atoms with Crippen LogP contribution in [0.4, 0.5) is 20.3 Å². The van der Waals surface area contributed by atoms with Crippen LogP contribution in [0.1, 0.15) is 29.6 Å². The Morgan fingerprint density at radius 1 is 1.16 bits per heavy atom. The molecule has 1 atom stereocenters. The smallest absolute Gasteiger partial charge is 0.246 e. The summed E-state index contributed by atoms with van der Waals surface area (Å²) in [6.07, 6.45) is 4.78. The zero-order chi connectivity index (χ0) is 23.0. The molecule has 1 aromatic carbocycles. The minimum absolute atomic E-state index is 0.0801. The standard InChI is InChI=1S/C22H24F2N6O2/c1-12-19-21(29(3)13(2)22(31)28-19)27-18(26-12)6-5-14-9-25-30(10-14)11-15-7-16(23)20(32-4)17(24)8-15/h7-10,13H,5-6,11H2,1-4H3,(H,28,31)/t13-/m0/s1. The molecule has 2 aromatic heterocycles. The van der Waals surface area contributed by atoms with Crippen LogP contribution in [0.25, 0.3) is 0 Å². The number of ether oxygens (including phenoxy) is 1. The first-order valence-corrected chi connectivity index (χ1v) is 10.2. The van der Waals surface area contributed by atoms with Crippen molar-refractivity contribution < 1.29 is 18.3 Å². The van der Waals surface area contributed by atoms with E-state index in [2.05, 4.69) is 20.4 Å². The van der Waals surface area contributed by atoms with Crippen LogP contribution in [0, 0.1) is 18.6 Å². The van der Waals surface area contributed by atoms with Crippen molar-refractivity contribution in [1.82, 2.24) is 19.7 Å². The van der Waals surface area contributed by atoms with E-state index in [1.165, 1.54) is 19.2 Å². The largest absolute Gasteiger partial charge is 0.491 e. The molecule has 0 aliphatic carbocycles. The first kappa shape index (κ1) is 21.7. The van der Waals surface area contributed by atoms with Crippen LogP contribution >= 0.6 is 0 Å². The van der Waals surface area contributed by atoms with E-state index in [4.69, 9.17) is 4.74 Å². The molecule has 3 aromatic rings. The number of benzene rings is 1. The van der Waals surface area contributed by atoms with Gasteiger partial charge in [-0.3, -0.25) is 9.48 Å². The van der Waals surface area contributed by atoms with Crippen molar-refractivity contribution >= 4 is 17.4 Å². The minimum atomic E-state index is -0.745. The van der Waals surface area contributed by atoms with Crippen molar-refractivity contribution in [2.45, 2.75) is 39.3 Å². The van der Waals surface area contributed by atoms with Gasteiger partial charge in [0.25, 0.3) is 0 Å². The van der Waals surface area contributed by atoms with Gasteiger partial charge in [0, 0.05) is 19.7 Å². The molecule has 0 radical (unpaired) electrons. The zero-order valence-corrected chi connectivity index (χ0v) is 18.3. The maximum Gasteiger partial charge on any atom is 0.246 e. The minimum Gasteiger partial charge on any atom is -0.491 e. The highest BCUT2D eigenvalue weighted by Gasteiger charge is 2.30. The normalized spacial score (nSPS) is 15.5. The number of rotatable bonds is 6. The van der Waals surface area contributed by atoms with Gasteiger partial charge in [-0.05, 0) is 43.5 Å². The maximum absolute atomic E-state index is 13.9. The van der Waals surface area contributed by atoms with Gasteiger partial charge >= 0.3 is 0 Å². The summed E-state index contributed by atoms with van der Waals surface area (Å²) in [5.74, 6) is -0.587. The molecule has 10 heteroatoms. The first-order valence-electron chi connectivity index (χ1n) is 10.2. The number of amides is 1. The number of fused-ring (bicyclic) bond motifs is 1. The molecule has 0 fully saturated rings. The Kier molecular flexibility index (Phi) is 5.77. The third-order valence-electron chi connectivity index (χ3n) is 5.59. The molecule has 8 nitrogen and oxygen atoms in total. The van der Waals surface area contributed by atoms with Gasteiger partial charge in [-0.15, -0.1) is 0 Å². The van der Waals surface area contributed by atoms with Crippen molar-refractivity contribution in [2.75, 3.05) is 24.4 Å². The number of methoxy groups -OCH3 is 1. The Morgan fingerprint density at radius 2 is 1.88 bits per heavy atom. The highest BCUT2D eigenvalue weighted by Crippen LogP contribution is 2.31. The summed E-state index contributed by atoms with van der Waals surface area (Å²) >= 11 is 0. The van der Waals surface area contributed by atoms with Crippen molar-refractivity contribution in [1.29, 1.82) is 0 Å². The number of hydrogen-bond acceptors (Lipinski definition) is 6. The van der Waals surface area contributed by atoms with E-state index in [0.717, 1.165) is 11.3 Å². The molecule has 1 N–H and O–H groups in total. The Bertz CT molecular complexity index is 1160. The van der Waals surface area contributed by atoms with E-state index >= 15 is 0 Å². The lowest BCUT2D eigenvalue weighted by Crippen LogP contribution is -2.45. The van der Waals surface area contributed by atoms with Crippen LogP contribution in [0.5, 0.6) is 5.75 Å². The number of anilines is 2. The van der Waals surface area contributed by atoms with E-state index in [1.807, 2.05) is 32.0 Å². The number of aryl methyl sites for hydroxylation is 3. The molecule has 4 rings (SSSR count). The third-order valence-corrected chi connectivity index (χ3v) is 5.59. The highest BCUT2D eigenvalue weighted by molar-refractivity contribution is 6.02. The zero-order valence-electron chi connectivity index (χ0n) is 18.3. The summed E-state index contributed by atoms with van der Waals surface area (Å²) in [5, 5.41) is 7.16. The molecule has 0 saturated heterocycles. The Morgan fingerprint density at radius 3 is 2.56 bits per heavy atom. The first-order chi connectivity index (χ1) is 15.3. The monoisotopic (exact) mass is 442 g/mol. The van der Waals surface area contributed by atoms with Gasteiger partial charge in [-0.2, -0.15) is 5.10 Å².